The van der Waals surface area contributed by atoms with E-state index in [2.05, 4.69) is 22.5 Å². The average Bonchev–Trinajstić information content (AvgIpc) is 3.12. The first kappa shape index (κ1) is 18.0. The average molecular weight is 375 g/mol. The molecule has 0 aliphatic carbocycles. The highest BCUT2D eigenvalue weighted by molar-refractivity contribution is 5.76. The van der Waals surface area contributed by atoms with Gasteiger partial charge in [0.1, 0.15) is 11.5 Å². The number of nitro groups is 1. The van der Waals surface area contributed by atoms with Crippen molar-refractivity contribution in [1.82, 2.24) is 9.55 Å². The van der Waals surface area contributed by atoms with E-state index >= 15 is 0 Å². The van der Waals surface area contributed by atoms with E-state index in [0.717, 1.165) is 49.2 Å². The van der Waals surface area contributed by atoms with Crippen LogP contribution in [-0.2, 0) is 6.42 Å². The van der Waals surface area contributed by atoms with Gasteiger partial charge in [0.05, 0.1) is 27.6 Å². The molecule has 1 aliphatic heterocycles. The SMILES string of the molecule is CCc1nc2ccccc2n1C1CCN(c2ccc(C#N)cc2[N+](=O)[O-])CC1. The molecule has 0 spiro atoms. The minimum absolute atomic E-state index is 0.000159. The van der Waals surface area contributed by atoms with E-state index in [-0.39, 0.29) is 5.69 Å². The second-order valence-electron chi connectivity index (χ2n) is 7.03. The van der Waals surface area contributed by atoms with Crippen molar-refractivity contribution >= 4 is 22.4 Å². The summed E-state index contributed by atoms with van der Waals surface area (Å²) in [6.07, 6.45) is 2.66. The van der Waals surface area contributed by atoms with Crippen LogP contribution in [-0.4, -0.2) is 27.6 Å². The molecule has 142 valence electrons. The summed E-state index contributed by atoms with van der Waals surface area (Å²) in [4.78, 5) is 17.9. The number of benzene rings is 2. The largest absolute Gasteiger partial charge is 0.366 e. The molecule has 1 aliphatic rings. The summed E-state index contributed by atoms with van der Waals surface area (Å²) in [5.74, 6) is 1.09. The first-order valence-electron chi connectivity index (χ1n) is 9.51. The number of aromatic nitrogens is 2. The van der Waals surface area contributed by atoms with Crippen LogP contribution in [0.2, 0.25) is 0 Å². The van der Waals surface area contributed by atoms with E-state index in [0.29, 0.717) is 17.3 Å². The predicted molar refractivity (Wildman–Crippen MR) is 107 cm³/mol. The number of hydrogen-bond acceptors (Lipinski definition) is 5. The third kappa shape index (κ3) is 3.07. The van der Waals surface area contributed by atoms with Crippen molar-refractivity contribution in [2.24, 2.45) is 0 Å². The van der Waals surface area contributed by atoms with Crippen molar-refractivity contribution in [2.45, 2.75) is 32.2 Å². The van der Waals surface area contributed by atoms with Crippen LogP contribution in [0.15, 0.2) is 42.5 Å². The summed E-state index contributed by atoms with van der Waals surface area (Å²) in [5.41, 5.74) is 3.07. The summed E-state index contributed by atoms with van der Waals surface area (Å²) < 4.78 is 2.35. The van der Waals surface area contributed by atoms with E-state index in [4.69, 9.17) is 10.2 Å². The number of piperidine rings is 1. The van der Waals surface area contributed by atoms with Crippen LogP contribution in [0.5, 0.6) is 0 Å². The molecule has 0 saturated carbocycles. The Hall–Kier alpha value is -3.40. The monoisotopic (exact) mass is 375 g/mol. The molecule has 0 atom stereocenters. The molecule has 2 aromatic carbocycles. The van der Waals surface area contributed by atoms with Gasteiger partial charge in [0, 0.05) is 31.6 Å². The van der Waals surface area contributed by atoms with E-state index in [1.54, 1.807) is 12.1 Å². The van der Waals surface area contributed by atoms with Gasteiger partial charge in [-0.3, -0.25) is 10.1 Å². The molecule has 0 amide bonds. The highest BCUT2D eigenvalue weighted by atomic mass is 16.6. The summed E-state index contributed by atoms with van der Waals surface area (Å²) >= 11 is 0. The number of hydrogen-bond donors (Lipinski definition) is 0. The zero-order chi connectivity index (χ0) is 19.7. The molecule has 3 aromatic rings. The molecule has 7 heteroatoms. The standard InChI is InChI=1S/C21H21N5O2/c1-2-21-23-17-5-3-4-6-18(17)25(21)16-9-11-24(12-10-16)19-8-7-15(14-22)13-20(19)26(27)28/h3-8,13,16H,2,9-12H2,1H3. The number of para-hydroxylation sites is 2. The Balaban J connectivity index is 1.60. The highest BCUT2D eigenvalue weighted by Crippen LogP contribution is 2.35. The lowest BCUT2D eigenvalue weighted by molar-refractivity contribution is -0.384. The third-order valence-electron chi connectivity index (χ3n) is 5.46. The highest BCUT2D eigenvalue weighted by Gasteiger charge is 2.27. The Morgan fingerprint density at radius 3 is 2.68 bits per heavy atom. The van der Waals surface area contributed by atoms with Crippen molar-refractivity contribution in [3.05, 3.63) is 64.0 Å². The lowest BCUT2D eigenvalue weighted by atomic mass is 10.0. The number of fused-ring (bicyclic) bond motifs is 1. The van der Waals surface area contributed by atoms with E-state index in [9.17, 15) is 10.1 Å². The Kier molecular flexibility index (Phi) is 4.70. The van der Waals surface area contributed by atoms with Gasteiger partial charge in [-0.2, -0.15) is 5.26 Å². The number of anilines is 1. The Morgan fingerprint density at radius 2 is 2.00 bits per heavy atom. The second kappa shape index (κ2) is 7.31. The van der Waals surface area contributed by atoms with Crippen LogP contribution in [0, 0.1) is 21.4 Å². The summed E-state index contributed by atoms with van der Waals surface area (Å²) in [6, 6.07) is 15.2. The van der Waals surface area contributed by atoms with E-state index in [1.807, 2.05) is 24.3 Å². The normalized spacial score (nSPS) is 14.9. The predicted octanol–water partition coefficient (Wildman–Crippen LogP) is 4.22. The zero-order valence-corrected chi connectivity index (χ0v) is 15.7. The molecule has 0 radical (unpaired) electrons. The second-order valence-corrected chi connectivity index (χ2v) is 7.03. The van der Waals surface area contributed by atoms with Crippen molar-refractivity contribution < 1.29 is 4.92 Å². The Labute approximate surface area is 163 Å². The Bertz CT molecular complexity index is 1070. The number of nitro benzene ring substituents is 1. The maximum absolute atomic E-state index is 11.5. The summed E-state index contributed by atoms with van der Waals surface area (Å²) in [5, 5.41) is 20.5. The number of aryl methyl sites for hydroxylation is 1. The first-order chi connectivity index (χ1) is 13.6. The van der Waals surface area contributed by atoms with Crippen molar-refractivity contribution in [1.29, 1.82) is 5.26 Å². The summed E-state index contributed by atoms with van der Waals surface area (Å²) in [7, 11) is 0. The fraction of sp³-hybridized carbons (Fsp3) is 0.333. The van der Waals surface area contributed by atoms with Gasteiger partial charge in [-0.15, -0.1) is 0 Å². The van der Waals surface area contributed by atoms with Crippen LogP contribution < -0.4 is 4.90 Å². The smallest absolute Gasteiger partial charge is 0.293 e. The molecule has 0 bridgehead atoms. The van der Waals surface area contributed by atoms with Gasteiger partial charge < -0.3 is 9.47 Å². The minimum atomic E-state index is -0.402. The number of rotatable bonds is 4. The van der Waals surface area contributed by atoms with Crippen LogP contribution in [0.25, 0.3) is 11.0 Å². The van der Waals surface area contributed by atoms with Gasteiger partial charge in [-0.25, -0.2) is 4.98 Å². The first-order valence-corrected chi connectivity index (χ1v) is 9.51. The minimum Gasteiger partial charge on any atom is -0.366 e. The fourth-order valence-electron chi connectivity index (χ4n) is 4.12. The molecule has 0 unspecified atom stereocenters. The molecule has 28 heavy (non-hydrogen) atoms. The molecular weight excluding hydrogens is 354 g/mol. The lowest BCUT2D eigenvalue weighted by Gasteiger charge is -2.34. The molecule has 1 fully saturated rings. The van der Waals surface area contributed by atoms with Gasteiger partial charge >= 0.3 is 0 Å². The Morgan fingerprint density at radius 1 is 1.25 bits per heavy atom. The molecule has 1 aromatic heterocycles. The molecule has 0 N–H and O–H groups in total. The van der Waals surface area contributed by atoms with Crippen LogP contribution in [0.1, 0.15) is 37.2 Å². The maximum Gasteiger partial charge on any atom is 0.293 e. The van der Waals surface area contributed by atoms with Crippen LogP contribution in [0.3, 0.4) is 0 Å². The molecule has 1 saturated heterocycles. The van der Waals surface area contributed by atoms with Gasteiger partial charge in [0.15, 0.2) is 0 Å². The van der Waals surface area contributed by atoms with Gasteiger partial charge in [0.25, 0.3) is 5.69 Å². The number of imidazole rings is 1. The summed E-state index contributed by atoms with van der Waals surface area (Å²) in [6.45, 7) is 3.58. The van der Waals surface area contributed by atoms with Crippen LogP contribution >= 0.6 is 0 Å². The number of nitrogens with zero attached hydrogens (tertiary/aromatic N) is 5. The van der Waals surface area contributed by atoms with E-state index in [1.165, 1.54) is 6.07 Å². The van der Waals surface area contributed by atoms with E-state index < -0.39 is 4.92 Å². The van der Waals surface area contributed by atoms with Gasteiger partial charge in [-0.1, -0.05) is 19.1 Å². The van der Waals surface area contributed by atoms with Gasteiger partial charge in [-0.05, 0) is 37.1 Å². The quantitative estimate of drug-likeness (QED) is 0.503. The lowest BCUT2D eigenvalue weighted by Crippen LogP contribution is -2.35. The third-order valence-corrected chi connectivity index (χ3v) is 5.46. The number of nitriles is 1. The molecule has 4 rings (SSSR count). The topological polar surface area (TPSA) is 88.0 Å². The molecular formula is C21H21N5O2. The van der Waals surface area contributed by atoms with Crippen molar-refractivity contribution in [3.63, 3.8) is 0 Å². The van der Waals surface area contributed by atoms with Gasteiger partial charge in [0.2, 0.25) is 0 Å². The fourth-order valence-corrected chi connectivity index (χ4v) is 4.12. The van der Waals surface area contributed by atoms with Crippen LogP contribution in [0.4, 0.5) is 11.4 Å². The molecule has 7 nitrogen and oxygen atoms in total. The van der Waals surface area contributed by atoms with Crippen molar-refractivity contribution in [3.8, 4) is 6.07 Å². The molecule has 2 heterocycles. The zero-order valence-electron chi connectivity index (χ0n) is 15.7. The van der Waals surface area contributed by atoms with Crippen molar-refractivity contribution in [2.75, 3.05) is 18.0 Å². The maximum atomic E-state index is 11.5.